The number of likely N-dealkylation sites (tertiary alicyclic amines) is 1. The molecule has 1 aromatic heterocycles. The molecule has 0 radical (unpaired) electrons. The van der Waals surface area contributed by atoms with Crippen molar-refractivity contribution in [3.05, 3.63) is 51.5 Å². The number of piperidine rings is 1. The molecule has 0 bridgehead atoms. The van der Waals surface area contributed by atoms with Crippen molar-refractivity contribution in [1.29, 1.82) is 0 Å². The second-order valence-electron chi connectivity index (χ2n) is 9.00. The number of amides is 1. The summed E-state index contributed by atoms with van der Waals surface area (Å²) in [4.78, 5) is 22.5. The van der Waals surface area contributed by atoms with Crippen molar-refractivity contribution in [2.24, 2.45) is 5.92 Å². The molecule has 1 saturated carbocycles. The second-order valence-corrected chi connectivity index (χ2v) is 10.1. The average molecular weight is 412 g/mol. The van der Waals surface area contributed by atoms with Crippen LogP contribution in [0.4, 0.5) is 0 Å². The summed E-state index contributed by atoms with van der Waals surface area (Å²) in [5.74, 6) is 1.10. The number of rotatable bonds is 7. The summed E-state index contributed by atoms with van der Waals surface area (Å²) in [6, 6.07) is 9.30. The Hall–Kier alpha value is -1.72. The monoisotopic (exact) mass is 411 g/mol. The van der Waals surface area contributed by atoms with Crippen molar-refractivity contribution in [2.45, 2.75) is 71.5 Å². The fourth-order valence-electron chi connectivity index (χ4n) is 4.26. The zero-order valence-electron chi connectivity index (χ0n) is 17.9. The zero-order chi connectivity index (χ0) is 20.4. The van der Waals surface area contributed by atoms with Crippen LogP contribution in [0.15, 0.2) is 29.6 Å². The lowest BCUT2D eigenvalue weighted by atomic mass is 9.94. The third-order valence-electron chi connectivity index (χ3n) is 6.26. The minimum Gasteiger partial charge on any atom is -0.335 e. The lowest BCUT2D eigenvalue weighted by Crippen LogP contribution is -2.43. The molecule has 4 rings (SSSR count). The SMILES string of the molecule is Cc1nc(CN2CCC(C(=O)N(Cc3ccc(C(C)C)cc3)C3CC3)CC2)cs1. The van der Waals surface area contributed by atoms with E-state index in [1.54, 1.807) is 11.3 Å². The molecule has 0 atom stereocenters. The highest BCUT2D eigenvalue weighted by Gasteiger charge is 2.37. The van der Waals surface area contributed by atoms with E-state index in [4.69, 9.17) is 0 Å². The number of carbonyl (C=O) groups excluding carboxylic acids is 1. The van der Waals surface area contributed by atoms with Crippen LogP contribution < -0.4 is 0 Å². The van der Waals surface area contributed by atoms with Gasteiger partial charge >= 0.3 is 0 Å². The van der Waals surface area contributed by atoms with Gasteiger partial charge in [-0.1, -0.05) is 38.1 Å². The molecule has 29 heavy (non-hydrogen) atoms. The first-order valence-electron chi connectivity index (χ1n) is 11.0. The van der Waals surface area contributed by atoms with Crippen LogP contribution in [-0.2, 0) is 17.9 Å². The molecular weight excluding hydrogens is 378 g/mol. The van der Waals surface area contributed by atoms with Crippen molar-refractivity contribution < 1.29 is 4.79 Å². The van der Waals surface area contributed by atoms with Crippen LogP contribution in [0.2, 0.25) is 0 Å². The molecule has 1 aromatic carbocycles. The van der Waals surface area contributed by atoms with Crippen molar-refractivity contribution in [1.82, 2.24) is 14.8 Å². The Morgan fingerprint density at radius 3 is 2.41 bits per heavy atom. The van der Waals surface area contributed by atoms with Crippen LogP contribution in [0.1, 0.15) is 67.3 Å². The Labute approximate surface area is 178 Å². The van der Waals surface area contributed by atoms with Crippen molar-refractivity contribution in [3.63, 3.8) is 0 Å². The Morgan fingerprint density at radius 2 is 1.86 bits per heavy atom. The van der Waals surface area contributed by atoms with Gasteiger partial charge in [0.1, 0.15) is 0 Å². The lowest BCUT2D eigenvalue weighted by Gasteiger charge is -2.34. The van der Waals surface area contributed by atoms with Crippen LogP contribution in [0, 0.1) is 12.8 Å². The predicted molar refractivity (Wildman–Crippen MR) is 119 cm³/mol. The number of thiazole rings is 1. The summed E-state index contributed by atoms with van der Waals surface area (Å²) in [5, 5.41) is 3.29. The molecule has 0 spiro atoms. The summed E-state index contributed by atoms with van der Waals surface area (Å²) in [6.45, 7) is 10.2. The Kier molecular flexibility index (Phi) is 6.35. The van der Waals surface area contributed by atoms with E-state index >= 15 is 0 Å². The molecular formula is C24H33N3OS. The summed E-state index contributed by atoms with van der Waals surface area (Å²) in [6.07, 6.45) is 4.27. The van der Waals surface area contributed by atoms with E-state index in [1.807, 2.05) is 0 Å². The van der Waals surface area contributed by atoms with Crippen molar-refractivity contribution in [3.8, 4) is 0 Å². The third-order valence-corrected chi connectivity index (χ3v) is 7.08. The Morgan fingerprint density at radius 1 is 1.17 bits per heavy atom. The Bertz CT molecular complexity index is 817. The van der Waals surface area contributed by atoms with Gasteiger partial charge in [-0.2, -0.15) is 0 Å². The first kappa shape index (κ1) is 20.5. The molecule has 2 aliphatic rings. The number of hydrogen-bond acceptors (Lipinski definition) is 4. The van der Waals surface area contributed by atoms with E-state index in [9.17, 15) is 4.79 Å². The molecule has 1 saturated heterocycles. The molecule has 4 nitrogen and oxygen atoms in total. The highest BCUT2D eigenvalue weighted by molar-refractivity contribution is 7.09. The molecule has 0 unspecified atom stereocenters. The number of hydrogen-bond donors (Lipinski definition) is 0. The number of nitrogens with zero attached hydrogens (tertiary/aromatic N) is 3. The van der Waals surface area contributed by atoms with Gasteiger partial charge in [0, 0.05) is 30.4 Å². The maximum Gasteiger partial charge on any atom is 0.226 e. The van der Waals surface area contributed by atoms with Gasteiger partial charge in [-0.05, 0) is 62.7 Å². The summed E-state index contributed by atoms with van der Waals surface area (Å²) < 4.78 is 0. The first-order valence-corrected chi connectivity index (χ1v) is 11.9. The van der Waals surface area contributed by atoms with E-state index in [0.29, 0.717) is 17.9 Å². The molecule has 2 heterocycles. The van der Waals surface area contributed by atoms with Gasteiger partial charge in [0.15, 0.2) is 0 Å². The number of carbonyl (C=O) groups is 1. The summed E-state index contributed by atoms with van der Waals surface area (Å²) in [5.41, 5.74) is 3.79. The second kappa shape index (κ2) is 8.97. The molecule has 1 aliphatic heterocycles. The molecule has 2 aromatic rings. The summed E-state index contributed by atoms with van der Waals surface area (Å²) >= 11 is 1.72. The molecule has 0 N–H and O–H groups in total. The highest BCUT2D eigenvalue weighted by atomic mass is 32.1. The van der Waals surface area contributed by atoms with E-state index in [1.165, 1.54) is 16.8 Å². The van der Waals surface area contributed by atoms with Gasteiger partial charge in [0.25, 0.3) is 0 Å². The predicted octanol–water partition coefficient (Wildman–Crippen LogP) is 4.98. The van der Waals surface area contributed by atoms with Gasteiger partial charge in [0.2, 0.25) is 5.91 Å². The van der Waals surface area contributed by atoms with Gasteiger partial charge < -0.3 is 4.90 Å². The highest BCUT2D eigenvalue weighted by Crippen LogP contribution is 2.32. The van der Waals surface area contributed by atoms with Crippen molar-refractivity contribution >= 4 is 17.2 Å². The molecule has 1 aliphatic carbocycles. The van der Waals surface area contributed by atoms with Gasteiger partial charge in [0.05, 0.1) is 10.7 Å². The smallest absolute Gasteiger partial charge is 0.226 e. The minimum absolute atomic E-state index is 0.180. The first-order chi connectivity index (χ1) is 14.0. The maximum atomic E-state index is 13.3. The van der Waals surface area contributed by atoms with Gasteiger partial charge in [-0.3, -0.25) is 9.69 Å². The minimum atomic E-state index is 0.180. The van der Waals surface area contributed by atoms with Gasteiger partial charge in [-0.25, -0.2) is 4.98 Å². The van der Waals surface area contributed by atoms with Crippen LogP contribution in [0.25, 0.3) is 0 Å². The third kappa shape index (κ3) is 5.26. The van der Waals surface area contributed by atoms with Gasteiger partial charge in [-0.15, -0.1) is 11.3 Å². The van der Waals surface area contributed by atoms with Crippen LogP contribution in [0.3, 0.4) is 0 Å². The van der Waals surface area contributed by atoms with E-state index in [-0.39, 0.29) is 5.92 Å². The normalized spacial score (nSPS) is 18.3. The quantitative estimate of drug-likeness (QED) is 0.645. The van der Waals surface area contributed by atoms with Crippen LogP contribution in [0.5, 0.6) is 0 Å². The summed E-state index contributed by atoms with van der Waals surface area (Å²) in [7, 11) is 0. The standard InChI is InChI=1S/C24H33N3OS/c1-17(2)20-6-4-19(5-7-20)14-27(23-8-9-23)24(28)21-10-12-26(13-11-21)15-22-16-29-18(3)25-22/h4-7,16-17,21,23H,8-15H2,1-3H3. The molecule has 1 amide bonds. The molecule has 156 valence electrons. The van der Waals surface area contributed by atoms with Crippen molar-refractivity contribution in [2.75, 3.05) is 13.1 Å². The Balaban J connectivity index is 1.33. The van der Waals surface area contributed by atoms with Crippen LogP contribution >= 0.6 is 11.3 Å². The molecule has 2 fully saturated rings. The topological polar surface area (TPSA) is 36.4 Å². The number of benzene rings is 1. The zero-order valence-corrected chi connectivity index (χ0v) is 18.8. The fraction of sp³-hybridized carbons (Fsp3) is 0.583. The molecule has 5 heteroatoms. The number of aryl methyl sites for hydroxylation is 1. The maximum absolute atomic E-state index is 13.3. The average Bonchev–Trinajstić information content (AvgIpc) is 3.48. The largest absolute Gasteiger partial charge is 0.335 e. The number of aromatic nitrogens is 1. The fourth-order valence-corrected chi connectivity index (χ4v) is 4.86. The lowest BCUT2D eigenvalue weighted by molar-refractivity contribution is -0.138. The van der Waals surface area contributed by atoms with E-state index in [0.717, 1.165) is 56.9 Å². The van der Waals surface area contributed by atoms with E-state index in [2.05, 4.69) is 65.2 Å². The van der Waals surface area contributed by atoms with Crippen LogP contribution in [-0.4, -0.2) is 39.8 Å². The van der Waals surface area contributed by atoms with E-state index < -0.39 is 0 Å².